The van der Waals surface area contributed by atoms with Crippen LogP contribution in [0.25, 0.3) is 0 Å². The summed E-state index contributed by atoms with van der Waals surface area (Å²) in [5, 5.41) is 13.9. The molecule has 4 heterocycles. The molecule has 0 aromatic carbocycles. The third-order valence-electron chi connectivity index (χ3n) is 7.18. The summed E-state index contributed by atoms with van der Waals surface area (Å²) in [5.74, 6) is 1.80. The van der Waals surface area contributed by atoms with Crippen molar-refractivity contribution in [2.45, 2.75) is 77.7 Å². The summed E-state index contributed by atoms with van der Waals surface area (Å²) in [6, 6.07) is 3.65. The van der Waals surface area contributed by atoms with Gasteiger partial charge < -0.3 is 5.32 Å². The van der Waals surface area contributed by atoms with Gasteiger partial charge in [0.05, 0.1) is 12.5 Å². The molecule has 0 spiro atoms. The van der Waals surface area contributed by atoms with Gasteiger partial charge in [0.15, 0.2) is 5.17 Å². The first-order valence-corrected chi connectivity index (χ1v) is 15.3. The van der Waals surface area contributed by atoms with Crippen LogP contribution < -0.4 is 5.32 Å². The molecule has 12 heteroatoms. The molecule has 40 heavy (non-hydrogen) atoms. The first-order valence-electron chi connectivity index (χ1n) is 13.7. The van der Waals surface area contributed by atoms with Crippen molar-refractivity contribution in [3.05, 3.63) is 64.1 Å². The summed E-state index contributed by atoms with van der Waals surface area (Å²) in [6.45, 7) is 6.46. The summed E-state index contributed by atoms with van der Waals surface area (Å²) in [4.78, 5) is 40.6. The number of anilines is 1. The molecule has 1 aliphatic heterocycles. The second kappa shape index (κ2) is 13.3. The van der Waals surface area contributed by atoms with Crippen LogP contribution in [0.4, 0.5) is 5.13 Å². The minimum absolute atomic E-state index is 0.0957. The number of carbonyl (C=O) groups excluding carboxylic acids is 1. The van der Waals surface area contributed by atoms with Crippen molar-refractivity contribution in [3.8, 4) is 0 Å². The van der Waals surface area contributed by atoms with Gasteiger partial charge >= 0.3 is 0 Å². The highest BCUT2D eigenvalue weighted by atomic mass is 32.2. The van der Waals surface area contributed by atoms with Crippen LogP contribution in [0.15, 0.2) is 57.4 Å². The lowest BCUT2D eigenvalue weighted by Crippen LogP contribution is -2.21. The fraction of sp³-hybridized carbons (Fsp3) is 0.464. The van der Waals surface area contributed by atoms with Crippen molar-refractivity contribution in [2.24, 2.45) is 15.9 Å². The summed E-state index contributed by atoms with van der Waals surface area (Å²) in [7, 11) is 0. The summed E-state index contributed by atoms with van der Waals surface area (Å²) in [6.07, 6.45) is 12.7. The van der Waals surface area contributed by atoms with Crippen molar-refractivity contribution >= 4 is 45.0 Å². The number of carbonyl (C=O) groups is 1. The third-order valence-corrected chi connectivity index (χ3v) is 9.44. The zero-order valence-corrected chi connectivity index (χ0v) is 24.6. The van der Waals surface area contributed by atoms with Crippen LogP contribution in [0.3, 0.4) is 0 Å². The van der Waals surface area contributed by atoms with E-state index in [9.17, 15) is 4.79 Å². The van der Waals surface area contributed by atoms with E-state index >= 15 is 0 Å². The highest BCUT2D eigenvalue weighted by Gasteiger charge is 2.32. The minimum Gasteiger partial charge on any atom is -0.300 e. The Morgan fingerprint density at radius 1 is 1.00 bits per heavy atom. The molecule has 1 amide bonds. The highest BCUT2D eigenvalue weighted by molar-refractivity contribution is 8.17. The number of aromatic nitrogens is 6. The van der Waals surface area contributed by atoms with Gasteiger partial charge in [-0.1, -0.05) is 36.4 Å². The zero-order chi connectivity index (χ0) is 27.9. The van der Waals surface area contributed by atoms with Crippen LogP contribution in [-0.4, -0.2) is 53.0 Å². The van der Waals surface area contributed by atoms with Crippen LogP contribution in [0.5, 0.6) is 0 Å². The van der Waals surface area contributed by atoms with E-state index in [1.807, 2.05) is 6.07 Å². The Labute approximate surface area is 242 Å². The minimum atomic E-state index is -0.193. The molecule has 3 aromatic heterocycles. The molecule has 0 saturated heterocycles. The van der Waals surface area contributed by atoms with E-state index in [1.165, 1.54) is 21.8 Å². The summed E-state index contributed by atoms with van der Waals surface area (Å²) in [5.41, 5.74) is 2.36. The average molecular weight is 576 g/mol. The lowest BCUT2D eigenvalue weighted by Gasteiger charge is -2.32. The van der Waals surface area contributed by atoms with E-state index in [0.29, 0.717) is 29.2 Å². The fourth-order valence-electron chi connectivity index (χ4n) is 4.94. The van der Waals surface area contributed by atoms with Crippen molar-refractivity contribution in [1.82, 2.24) is 30.1 Å². The van der Waals surface area contributed by atoms with Gasteiger partial charge in [0, 0.05) is 42.8 Å². The Morgan fingerprint density at radius 2 is 1.68 bits per heavy atom. The third kappa shape index (κ3) is 7.22. The molecule has 2 aliphatic rings. The summed E-state index contributed by atoms with van der Waals surface area (Å²) < 4.78 is 0. The van der Waals surface area contributed by atoms with Gasteiger partial charge in [0.25, 0.3) is 0 Å². The van der Waals surface area contributed by atoms with Gasteiger partial charge in [0.1, 0.15) is 16.7 Å². The quantitative estimate of drug-likeness (QED) is 0.352. The van der Waals surface area contributed by atoms with Crippen molar-refractivity contribution in [1.29, 1.82) is 0 Å². The molecule has 1 N–H and O–H groups in total. The number of rotatable bonds is 8. The van der Waals surface area contributed by atoms with Crippen molar-refractivity contribution in [2.75, 3.05) is 5.32 Å². The SMILES string of the molecule is CCC(Cc1ncccn1)=NC1=NC(C)C(C)=C(C2CCCC(c3nnc(NC(=O)Cc4ncccn4)s3)C2)S1. The molecule has 1 saturated carbocycles. The predicted octanol–water partition coefficient (Wildman–Crippen LogP) is 5.43. The van der Waals surface area contributed by atoms with E-state index in [4.69, 9.17) is 9.98 Å². The number of nitrogens with zero attached hydrogens (tertiary/aromatic N) is 8. The molecule has 1 aliphatic carbocycles. The number of hydrogen-bond acceptors (Lipinski definition) is 11. The van der Waals surface area contributed by atoms with Gasteiger partial charge in [-0.25, -0.2) is 24.9 Å². The lowest BCUT2D eigenvalue weighted by atomic mass is 9.80. The van der Waals surface area contributed by atoms with Crippen molar-refractivity contribution in [3.63, 3.8) is 0 Å². The molecule has 3 atom stereocenters. The maximum Gasteiger partial charge on any atom is 0.233 e. The molecule has 10 nitrogen and oxygen atoms in total. The van der Waals surface area contributed by atoms with Crippen LogP contribution in [-0.2, 0) is 17.6 Å². The Kier molecular flexibility index (Phi) is 9.38. The van der Waals surface area contributed by atoms with Crippen molar-refractivity contribution < 1.29 is 4.79 Å². The van der Waals surface area contributed by atoms with Crippen LogP contribution in [0, 0.1) is 5.92 Å². The van der Waals surface area contributed by atoms with Gasteiger partial charge in [-0.2, -0.15) is 0 Å². The predicted molar refractivity (Wildman–Crippen MR) is 160 cm³/mol. The molecule has 1 fully saturated rings. The second-order valence-corrected chi connectivity index (χ2v) is 12.0. The normalized spacial score (nSPS) is 21.7. The second-order valence-electron chi connectivity index (χ2n) is 10.0. The van der Waals surface area contributed by atoms with E-state index < -0.39 is 0 Å². The lowest BCUT2D eigenvalue weighted by molar-refractivity contribution is -0.115. The standard InChI is InChI=1S/C28H33N9OS2/c1-4-21(15-22-29-10-6-11-30-22)34-27-33-18(3)17(2)25(39-27)19-8-5-9-20(14-19)26-36-37-28(40-26)35-24(38)16-23-31-12-7-13-32-23/h6-7,10-13,18-20H,4-5,8-9,14-16H2,1-3H3,(H,35,37,38). The maximum absolute atomic E-state index is 12.4. The van der Waals surface area contributed by atoms with Gasteiger partial charge in [-0.3, -0.25) is 9.79 Å². The number of allylic oxidation sites excluding steroid dienone is 1. The number of nitrogens with one attached hydrogen (secondary N) is 1. The van der Waals surface area contributed by atoms with Crippen LogP contribution in [0.1, 0.15) is 75.4 Å². The first-order chi connectivity index (χ1) is 19.5. The summed E-state index contributed by atoms with van der Waals surface area (Å²) >= 11 is 3.18. The Bertz CT molecular complexity index is 1410. The highest BCUT2D eigenvalue weighted by Crippen LogP contribution is 2.46. The number of amides is 1. The number of aliphatic imine (C=N–C) groups is 2. The molecule has 0 radical (unpaired) electrons. The molecule has 3 unspecified atom stereocenters. The molecule has 0 bridgehead atoms. The number of hydrogen-bond donors (Lipinski definition) is 1. The molecule has 208 valence electrons. The van der Waals surface area contributed by atoms with Crippen LogP contribution in [0.2, 0.25) is 0 Å². The molecule has 5 rings (SSSR count). The Hall–Kier alpha value is -3.38. The smallest absolute Gasteiger partial charge is 0.233 e. The van der Waals surface area contributed by atoms with E-state index in [-0.39, 0.29) is 18.4 Å². The fourth-order valence-corrected chi connectivity index (χ4v) is 7.15. The topological polar surface area (TPSA) is 131 Å². The van der Waals surface area contributed by atoms with E-state index in [2.05, 4.69) is 56.2 Å². The zero-order valence-electron chi connectivity index (χ0n) is 22.9. The van der Waals surface area contributed by atoms with Gasteiger partial charge in [0.2, 0.25) is 11.0 Å². The van der Waals surface area contributed by atoms with E-state index in [1.54, 1.807) is 42.6 Å². The molecule has 3 aromatic rings. The van der Waals surface area contributed by atoms with E-state index in [0.717, 1.165) is 53.8 Å². The average Bonchev–Trinajstić information content (AvgIpc) is 3.44. The molecular weight excluding hydrogens is 543 g/mol. The maximum atomic E-state index is 12.4. The Balaban J connectivity index is 1.23. The van der Waals surface area contributed by atoms with Gasteiger partial charge in [-0.15, -0.1) is 10.2 Å². The van der Waals surface area contributed by atoms with Crippen LogP contribution >= 0.6 is 23.1 Å². The molecular formula is C28H33N9OS2. The number of thioether (sulfide) groups is 1. The largest absolute Gasteiger partial charge is 0.300 e. The first kappa shape index (κ1) is 28.2. The monoisotopic (exact) mass is 575 g/mol. The number of amidine groups is 1. The van der Waals surface area contributed by atoms with Gasteiger partial charge in [-0.05, 0) is 68.1 Å². The Morgan fingerprint density at radius 3 is 2.38 bits per heavy atom.